The molecule has 0 radical (unpaired) electrons. The third-order valence-electron chi connectivity index (χ3n) is 12.8. The van der Waals surface area contributed by atoms with Gasteiger partial charge in [0.2, 0.25) is 0 Å². The van der Waals surface area contributed by atoms with Crippen LogP contribution in [0.1, 0.15) is 77.6 Å². The smallest absolute Gasteiger partial charge is 0.456 e. The van der Waals surface area contributed by atoms with E-state index in [2.05, 4.69) is 53.5 Å². The van der Waals surface area contributed by atoms with E-state index in [1.165, 1.54) is 0 Å². The number of imidazole rings is 1. The molecule has 0 amide bonds. The van der Waals surface area contributed by atoms with Gasteiger partial charge in [0.1, 0.15) is 30.3 Å². The van der Waals surface area contributed by atoms with Gasteiger partial charge in [-0.3, -0.25) is 4.57 Å². The van der Waals surface area contributed by atoms with Crippen LogP contribution in [0.5, 0.6) is 6.01 Å². The molecule has 0 saturated carbocycles. The number of nitrogens with zero attached hydrogens (tertiary/aromatic N) is 3. The topological polar surface area (TPSA) is 95.3 Å². The monoisotopic (exact) mass is 815 g/mol. The van der Waals surface area contributed by atoms with Crippen LogP contribution in [-0.4, -0.2) is 93.5 Å². The Kier molecular flexibility index (Phi) is 11.1. The van der Waals surface area contributed by atoms with E-state index in [0.29, 0.717) is 65.2 Å². The third kappa shape index (κ3) is 8.23. The van der Waals surface area contributed by atoms with Gasteiger partial charge in [-0.2, -0.15) is 4.98 Å². The molecule has 55 heavy (non-hydrogen) atoms. The first kappa shape index (κ1) is 41.3. The van der Waals surface area contributed by atoms with E-state index in [1.54, 1.807) is 6.07 Å². The molecule has 302 valence electrons. The van der Waals surface area contributed by atoms with E-state index >= 15 is 4.39 Å². The maximum atomic E-state index is 16.0. The molecule has 1 aromatic carbocycles. The maximum absolute atomic E-state index is 16.0. The Labute approximate surface area is 333 Å². The van der Waals surface area contributed by atoms with Crippen molar-refractivity contribution in [2.45, 2.75) is 160 Å². The molecule has 3 aliphatic heterocycles. The lowest BCUT2D eigenvalue weighted by Gasteiger charge is -2.39. The van der Waals surface area contributed by atoms with Crippen LogP contribution in [0.15, 0.2) is 18.2 Å². The van der Waals surface area contributed by atoms with Gasteiger partial charge in [0.25, 0.3) is 0 Å². The second kappa shape index (κ2) is 14.7. The van der Waals surface area contributed by atoms with Crippen molar-refractivity contribution in [3.8, 4) is 6.01 Å². The van der Waals surface area contributed by atoms with Gasteiger partial charge >= 0.3 is 13.1 Å². The van der Waals surface area contributed by atoms with Crippen LogP contribution in [-0.2, 0) is 47.5 Å². The molecule has 3 aromatic rings. The van der Waals surface area contributed by atoms with E-state index in [4.69, 9.17) is 54.3 Å². The maximum Gasteiger partial charge on any atom is 0.494 e. The van der Waals surface area contributed by atoms with Crippen LogP contribution in [0.25, 0.3) is 11.2 Å². The fraction of sp³-hybridized carbons (Fsp3) is 0.700. The van der Waals surface area contributed by atoms with Crippen LogP contribution < -0.4 is 10.2 Å². The average molecular weight is 816 g/mol. The summed E-state index contributed by atoms with van der Waals surface area (Å²) in [5, 5.41) is 0.557. The Balaban J connectivity index is 1.12. The fourth-order valence-corrected chi connectivity index (χ4v) is 9.93. The number of aromatic nitrogens is 3. The van der Waals surface area contributed by atoms with Crippen molar-refractivity contribution in [1.29, 1.82) is 0 Å². The lowest BCUT2D eigenvalue weighted by Crippen LogP contribution is -2.47. The van der Waals surface area contributed by atoms with Crippen LogP contribution in [0.4, 0.5) is 4.39 Å². The van der Waals surface area contributed by atoms with Gasteiger partial charge in [0.05, 0.1) is 41.2 Å². The summed E-state index contributed by atoms with van der Waals surface area (Å²) in [6.07, 6.45) is 0.985. The molecule has 7 rings (SSSR count). The Bertz CT molecular complexity index is 1900. The number of hydrogen-bond acceptors (Lipinski definition) is 9. The molecule has 0 bridgehead atoms. The van der Waals surface area contributed by atoms with Crippen molar-refractivity contribution in [3.05, 3.63) is 45.9 Å². The normalized spacial score (nSPS) is 26.3. The van der Waals surface area contributed by atoms with Gasteiger partial charge in [-0.15, -0.1) is 0 Å². The first-order valence-corrected chi connectivity index (χ1v) is 26.9. The summed E-state index contributed by atoms with van der Waals surface area (Å²) in [7, 11) is -3.98. The van der Waals surface area contributed by atoms with E-state index in [-0.39, 0.29) is 47.9 Å². The second-order valence-corrected chi connectivity index (χ2v) is 30.5. The summed E-state index contributed by atoms with van der Waals surface area (Å²) < 4.78 is 62.6. The lowest BCUT2D eigenvalue weighted by molar-refractivity contribution is 0.00578. The van der Waals surface area contributed by atoms with Gasteiger partial charge in [0.15, 0.2) is 20.1 Å². The zero-order valence-electron chi connectivity index (χ0n) is 34.8. The van der Waals surface area contributed by atoms with Crippen molar-refractivity contribution in [1.82, 2.24) is 14.5 Å². The number of aryl methyl sites for hydroxylation is 1. The molecular weight excluding hydrogens is 756 g/mol. The minimum atomic E-state index is -2.04. The average Bonchev–Trinajstić information content (AvgIpc) is 3.86. The highest BCUT2D eigenvalue weighted by Gasteiger charge is 2.54. The number of benzene rings is 1. The quantitative estimate of drug-likeness (QED) is 0.133. The summed E-state index contributed by atoms with van der Waals surface area (Å²) in [4.78, 5) is 9.98. The molecule has 5 atom stereocenters. The predicted octanol–water partition coefficient (Wildman–Crippen LogP) is 8.04. The SMILES string of the molecule is CC1(C)OB(c2cc(F)c3c(c2)CCC3Cc2nc3c(cc2Cl)nc(O[C@@H]2CO[C@H]4[C@@H]2OC[C@H]4O[Si](C)(C)C(C)(C)C)n3COCC[Si](C)(C)C)OC1(C)C. The number of rotatable bonds is 12. The molecule has 5 heterocycles. The fourth-order valence-electron chi connectivity index (χ4n) is 7.64. The predicted molar refractivity (Wildman–Crippen MR) is 219 cm³/mol. The van der Waals surface area contributed by atoms with Gasteiger partial charge in [-0.05, 0) is 106 Å². The first-order chi connectivity index (χ1) is 25.5. The Morgan fingerprint density at radius 1 is 0.964 bits per heavy atom. The molecule has 1 unspecified atom stereocenters. The minimum Gasteiger partial charge on any atom is -0.456 e. The third-order valence-corrected chi connectivity index (χ3v) is 19.3. The molecule has 0 spiro atoms. The van der Waals surface area contributed by atoms with E-state index in [0.717, 1.165) is 24.4 Å². The summed E-state index contributed by atoms with van der Waals surface area (Å²) in [6.45, 7) is 27.9. The summed E-state index contributed by atoms with van der Waals surface area (Å²) in [6, 6.07) is 6.85. The number of ether oxygens (including phenoxy) is 4. The largest absolute Gasteiger partial charge is 0.494 e. The molecule has 3 fully saturated rings. The molecular formula is C40H60BClFN3O7Si2. The van der Waals surface area contributed by atoms with Gasteiger partial charge < -0.3 is 32.7 Å². The van der Waals surface area contributed by atoms with Gasteiger partial charge in [-0.25, -0.2) is 9.37 Å². The van der Waals surface area contributed by atoms with Crippen LogP contribution >= 0.6 is 11.6 Å². The van der Waals surface area contributed by atoms with E-state index in [9.17, 15) is 0 Å². The van der Waals surface area contributed by atoms with Crippen molar-refractivity contribution in [2.24, 2.45) is 0 Å². The van der Waals surface area contributed by atoms with Crippen molar-refractivity contribution in [2.75, 3.05) is 19.8 Å². The Morgan fingerprint density at radius 2 is 1.62 bits per heavy atom. The molecule has 15 heteroatoms. The van der Waals surface area contributed by atoms with E-state index in [1.807, 2.05) is 44.4 Å². The standard InChI is InChI=1S/C40H60BClFN3O7Si2/c1-38(2,3)55(11,12)51-32-22-49-34-31(21-48-35(32)34)50-37-45-30-20-27(42)29(44-36(30)46(37)23-47-15-16-54(8,9)10)18-25-14-13-24-17-26(19-28(43)33(24)25)41-52-39(4,5)40(6,7)53-41/h17,19-20,25,31-32,34-35H,13-16,18,21-23H2,1-12H3/t25?,31-,32-,34-,35-/m1/s1. The van der Waals surface area contributed by atoms with Crippen molar-refractivity contribution in [3.63, 3.8) is 0 Å². The molecule has 0 N–H and O–H groups in total. The zero-order chi connectivity index (χ0) is 39.9. The van der Waals surface area contributed by atoms with Gasteiger partial charge in [-0.1, -0.05) is 58.1 Å². The summed E-state index contributed by atoms with van der Waals surface area (Å²) in [5.41, 5.74) is 3.29. The number of pyridine rings is 1. The number of hydrogen-bond donors (Lipinski definition) is 0. The number of halogens is 2. The molecule has 1 aliphatic carbocycles. The highest BCUT2D eigenvalue weighted by atomic mass is 35.5. The summed E-state index contributed by atoms with van der Waals surface area (Å²) >= 11 is 6.94. The van der Waals surface area contributed by atoms with E-state index < -0.39 is 34.7 Å². The zero-order valence-corrected chi connectivity index (χ0v) is 37.6. The van der Waals surface area contributed by atoms with Crippen LogP contribution in [0, 0.1) is 5.82 Å². The molecule has 4 aliphatic rings. The Hall–Kier alpha value is -1.88. The second-order valence-electron chi connectivity index (χ2n) is 19.7. The van der Waals surface area contributed by atoms with Crippen LogP contribution in [0.3, 0.4) is 0 Å². The highest BCUT2D eigenvalue weighted by Crippen LogP contribution is 2.42. The van der Waals surface area contributed by atoms with Crippen LogP contribution in [0.2, 0.25) is 48.8 Å². The molecule has 10 nitrogen and oxygen atoms in total. The number of fused-ring (bicyclic) bond motifs is 3. The van der Waals surface area contributed by atoms with Crippen molar-refractivity contribution >= 4 is 51.7 Å². The first-order valence-electron chi connectivity index (χ1n) is 19.9. The minimum absolute atomic E-state index is 0.0705. The highest BCUT2D eigenvalue weighted by molar-refractivity contribution is 6.76. The van der Waals surface area contributed by atoms with Crippen molar-refractivity contribution < 1.29 is 37.1 Å². The van der Waals surface area contributed by atoms with Gasteiger partial charge in [0, 0.05) is 14.7 Å². The summed E-state index contributed by atoms with van der Waals surface area (Å²) in [5.74, 6) is -0.333. The Morgan fingerprint density at radius 3 is 2.27 bits per heavy atom. The lowest BCUT2D eigenvalue weighted by atomic mass is 9.77. The molecule has 2 aromatic heterocycles. The molecule has 3 saturated heterocycles.